The highest BCUT2D eigenvalue weighted by Gasteiger charge is 2.17. The number of nitrogens with one attached hydrogen (secondary N) is 1. The molecule has 72 valence electrons. The number of fused-ring (bicyclic) bond motifs is 1. The number of aromatic nitrogens is 1. The molecule has 0 spiro atoms. The first kappa shape index (κ1) is 8.68. The predicted molar refractivity (Wildman–Crippen MR) is 48.4 cm³/mol. The molecule has 0 saturated carbocycles. The number of pyridine rings is 1. The fourth-order valence-corrected chi connectivity index (χ4v) is 1.17. The van der Waals surface area contributed by atoms with Gasteiger partial charge in [0.25, 0.3) is 5.91 Å². The number of ketones is 1. The summed E-state index contributed by atoms with van der Waals surface area (Å²) in [5.41, 5.74) is 0.839. The van der Waals surface area contributed by atoms with E-state index in [4.69, 9.17) is 4.74 Å². The number of hydrogen-bond acceptors (Lipinski definition) is 4. The fourth-order valence-electron chi connectivity index (χ4n) is 1.17. The Morgan fingerprint density at radius 1 is 1.64 bits per heavy atom. The average Bonchev–Trinajstić information content (AvgIpc) is 2.16. The molecular formula is C9H8N2O3. The van der Waals surface area contributed by atoms with Crippen LogP contribution in [0.3, 0.4) is 0 Å². The van der Waals surface area contributed by atoms with Gasteiger partial charge in [-0.2, -0.15) is 0 Å². The summed E-state index contributed by atoms with van der Waals surface area (Å²) in [5.74, 6) is 0.146. The Hall–Kier alpha value is -1.91. The lowest BCUT2D eigenvalue weighted by molar-refractivity contribution is -0.118. The van der Waals surface area contributed by atoms with Crippen molar-refractivity contribution in [2.24, 2.45) is 0 Å². The van der Waals surface area contributed by atoms with E-state index in [0.717, 1.165) is 0 Å². The first-order chi connectivity index (χ1) is 6.66. The normalized spacial score (nSPS) is 13.9. The first-order valence-corrected chi connectivity index (χ1v) is 4.10. The van der Waals surface area contributed by atoms with Crippen LogP contribution in [0.25, 0.3) is 0 Å². The smallest absolute Gasteiger partial charge is 0.262 e. The van der Waals surface area contributed by atoms with E-state index < -0.39 is 0 Å². The third-order valence-electron chi connectivity index (χ3n) is 1.86. The van der Waals surface area contributed by atoms with Crippen molar-refractivity contribution in [3.63, 3.8) is 0 Å². The minimum absolute atomic E-state index is 0.0195. The molecule has 0 aliphatic carbocycles. The van der Waals surface area contributed by atoms with Crippen LogP contribution in [0.2, 0.25) is 0 Å². The molecular weight excluding hydrogens is 184 g/mol. The zero-order valence-corrected chi connectivity index (χ0v) is 7.53. The maximum absolute atomic E-state index is 11.0. The monoisotopic (exact) mass is 192 g/mol. The van der Waals surface area contributed by atoms with E-state index in [1.54, 1.807) is 0 Å². The molecule has 0 unspecified atom stereocenters. The van der Waals surface area contributed by atoms with E-state index in [2.05, 4.69) is 10.3 Å². The number of carbonyl (C=O) groups is 2. The SMILES string of the molecule is CC(=O)c1cc2c(cn1)NC(=O)CO2. The van der Waals surface area contributed by atoms with E-state index >= 15 is 0 Å². The summed E-state index contributed by atoms with van der Waals surface area (Å²) in [6, 6.07) is 1.52. The number of amides is 1. The molecule has 1 aliphatic heterocycles. The summed E-state index contributed by atoms with van der Waals surface area (Å²) in [6.07, 6.45) is 1.42. The molecule has 1 aromatic heterocycles. The van der Waals surface area contributed by atoms with Gasteiger partial charge in [-0.25, -0.2) is 0 Å². The van der Waals surface area contributed by atoms with Crippen molar-refractivity contribution in [1.29, 1.82) is 0 Å². The number of carbonyl (C=O) groups excluding carboxylic acids is 2. The Bertz CT molecular complexity index is 415. The zero-order valence-electron chi connectivity index (χ0n) is 7.53. The van der Waals surface area contributed by atoms with E-state index in [1.165, 1.54) is 19.2 Å². The first-order valence-electron chi connectivity index (χ1n) is 4.10. The molecule has 5 heteroatoms. The van der Waals surface area contributed by atoms with Gasteiger partial charge in [-0.1, -0.05) is 0 Å². The number of rotatable bonds is 1. The molecule has 5 nitrogen and oxygen atoms in total. The molecule has 2 heterocycles. The molecule has 0 bridgehead atoms. The van der Waals surface area contributed by atoms with Gasteiger partial charge < -0.3 is 10.1 Å². The minimum Gasteiger partial charge on any atom is -0.481 e. The van der Waals surface area contributed by atoms with Gasteiger partial charge in [-0.3, -0.25) is 14.6 Å². The van der Waals surface area contributed by atoms with Gasteiger partial charge in [0.2, 0.25) is 0 Å². The largest absolute Gasteiger partial charge is 0.481 e. The van der Waals surface area contributed by atoms with Gasteiger partial charge >= 0.3 is 0 Å². The second-order valence-electron chi connectivity index (χ2n) is 2.96. The van der Waals surface area contributed by atoms with Crippen LogP contribution in [0.5, 0.6) is 5.75 Å². The molecule has 0 radical (unpaired) electrons. The van der Waals surface area contributed by atoms with Crippen molar-refractivity contribution in [3.05, 3.63) is 18.0 Å². The molecule has 0 saturated heterocycles. The van der Waals surface area contributed by atoms with Crippen molar-refractivity contribution in [3.8, 4) is 5.75 Å². The average molecular weight is 192 g/mol. The molecule has 1 amide bonds. The Morgan fingerprint density at radius 2 is 2.43 bits per heavy atom. The van der Waals surface area contributed by atoms with Crippen LogP contribution in [0, 0.1) is 0 Å². The number of Topliss-reactive ketones (excluding diaryl/α,β-unsaturated/α-hetero) is 1. The predicted octanol–water partition coefficient (Wildman–Crippen LogP) is 0.615. The quantitative estimate of drug-likeness (QED) is 0.662. The van der Waals surface area contributed by atoms with Gasteiger partial charge in [0.1, 0.15) is 17.1 Å². The Balaban J connectivity index is 2.41. The van der Waals surface area contributed by atoms with Crippen LogP contribution in [-0.4, -0.2) is 23.3 Å². The molecule has 2 rings (SSSR count). The van der Waals surface area contributed by atoms with Crippen LogP contribution in [0.15, 0.2) is 12.3 Å². The minimum atomic E-state index is -0.213. The summed E-state index contributed by atoms with van der Waals surface area (Å²) >= 11 is 0. The van der Waals surface area contributed by atoms with Crippen LogP contribution >= 0.6 is 0 Å². The van der Waals surface area contributed by atoms with Crippen molar-refractivity contribution in [2.45, 2.75) is 6.92 Å². The number of hydrogen-bond donors (Lipinski definition) is 1. The summed E-state index contributed by atoms with van der Waals surface area (Å²) in [4.78, 5) is 25.8. The lowest BCUT2D eigenvalue weighted by Crippen LogP contribution is -2.25. The van der Waals surface area contributed by atoms with Gasteiger partial charge in [-0.05, 0) is 0 Å². The third-order valence-corrected chi connectivity index (χ3v) is 1.86. The molecule has 1 aliphatic rings. The molecule has 0 atom stereocenters. The van der Waals surface area contributed by atoms with E-state index in [1.807, 2.05) is 0 Å². The summed E-state index contributed by atoms with van der Waals surface area (Å²) in [5, 5.41) is 2.59. The lowest BCUT2D eigenvalue weighted by Gasteiger charge is -2.17. The number of anilines is 1. The highest BCUT2D eigenvalue weighted by atomic mass is 16.5. The van der Waals surface area contributed by atoms with Crippen molar-refractivity contribution < 1.29 is 14.3 Å². The topological polar surface area (TPSA) is 68.3 Å². The van der Waals surface area contributed by atoms with Crippen LogP contribution in [-0.2, 0) is 4.79 Å². The van der Waals surface area contributed by atoms with Gasteiger partial charge in [-0.15, -0.1) is 0 Å². The van der Waals surface area contributed by atoms with Gasteiger partial charge in [0.15, 0.2) is 12.4 Å². The van der Waals surface area contributed by atoms with Crippen molar-refractivity contribution >= 4 is 17.4 Å². The highest BCUT2D eigenvalue weighted by Crippen LogP contribution is 2.26. The second-order valence-corrected chi connectivity index (χ2v) is 2.96. The third kappa shape index (κ3) is 1.44. The van der Waals surface area contributed by atoms with Crippen LogP contribution in [0.4, 0.5) is 5.69 Å². The molecule has 1 aromatic rings. The highest BCUT2D eigenvalue weighted by molar-refractivity contribution is 5.97. The van der Waals surface area contributed by atoms with Crippen molar-refractivity contribution in [1.82, 2.24) is 4.98 Å². The maximum Gasteiger partial charge on any atom is 0.262 e. The summed E-state index contributed by atoms with van der Waals surface area (Å²) in [6.45, 7) is 1.41. The summed E-state index contributed by atoms with van der Waals surface area (Å²) in [7, 11) is 0. The number of ether oxygens (including phenoxy) is 1. The van der Waals surface area contributed by atoms with Crippen LogP contribution in [0.1, 0.15) is 17.4 Å². The van der Waals surface area contributed by atoms with E-state index in [-0.39, 0.29) is 18.3 Å². The molecule has 0 aromatic carbocycles. The maximum atomic E-state index is 11.0. The van der Waals surface area contributed by atoms with Gasteiger partial charge in [0.05, 0.1) is 6.20 Å². The van der Waals surface area contributed by atoms with Crippen LogP contribution < -0.4 is 10.1 Å². The second kappa shape index (κ2) is 3.10. The van der Waals surface area contributed by atoms with E-state index in [9.17, 15) is 9.59 Å². The van der Waals surface area contributed by atoms with Gasteiger partial charge in [0, 0.05) is 13.0 Å². The van der Waals surface area contributed by atoms with E-state index in [0.29, 0.717) is 17.1 Å². The summed E-state index contributed by atoms with van der Waals surface area (Å²) < 4.78 is 5.12. The Labute approximate surface area is 80.1 Å². The molecule has 0 fully saturated rings. The Kier molecular flexibility index (Phi) is 1.92. The fraction of sp³-hybridized carbons (Fsp3) is 0.222. The zero-order chi connectivity index (χ0) is 10.1. The Morgan fingerprint density at radius 3 is 3.14 bits per heavy atom. The molecule has 1 N–H and O–H groups in total. The lowest BCUT2D eigenvalue weighted by atomic mass is 10.2. The number of nitrogens with zero attached hydrogens (tertiary/aromatic N) is 1. The standard InChI is InChI=1S/C9H8N2O3/c1-5(12)6-2-8-7(3-10-6)11-9(13)4-14-8/h2-3H,4H2,1H3,(H,11,13). The molecule has 14 heavy (non-hydrogen) atoms. The van der Waals surface area contributed by atoms with Crippen molar-refractivity contribution in [2.75, 3.05) is 11.9 Å².